The summed E-state index contributed by atoms with van der Waals surface area (Å²) in [6.45, 7) is 13.2. The molecule has 31 heavy (non-hydrogen) atoms. The Bertz CT molecular complexity index is 1200. The van der Waals surface area contributed by atoms with Gasteiger partial charge in [0.15, 0.2) is 0 Å². The Hall–Kier alpha value is -3.12. The smallest absolute Gasteiger partial charge is 0.000684 e. The average Bonchev–Trinajstić information content (AvgIpc) is 3.03. The van der Waals surface area contributed by atoms with E-state index in [9.17, 15) is 0 Å². The van der Waals surface area contributed by atoms with E-state index in [-0.39, 0.29) is 0 Å². The molecule has 0 fully saturated rings. The van der Waals surface area contributed by atoms with Gasteiger partial charge in [-0.05, 0) is 121 Å². The van der Waals surface area contributed by atoms with Gasteiger partial charge in [0.2, 0.25) is 0 Å². The highest BCUT2D eigenvalue weighted by molar-refractivity contribution is 5.84. The van der Waals surface area contributed by atoms with Crippen LogP contribution >= 0.6 is 0 Å². The van der Waals surface area contributed by atoms with E-state index in [1.165, 1.54) is 77.9 Å². The first-order chi connectivity index (χ1) is 14.8. The predicted octanol–water partition coefficient (Wildman–Crippen LogP) is 8.24. The minimum atomic E-state index is 0.959. The Labute approximate surface area is 186 Å². The van der Waals surface area contributed by atoms with Crippen molar-refractivity contribution < 1.29 is 0 Å². The van der Waals surface area contributed by atoms with Crippen molar-refractivity contribution in [1.29, 1.82) is 0 Å². The fraction of sp³-hybridized carbons (Fsp3) is 0.226. The van der Waals surface area contributed by atoms with Crippen molar-refractivity contribution >= 4 is 0 Å². The number of fused-ring (bicyclic) bond motifs is 3. The van der Waals surface area contributed by atoms with Crippen molar-refractivity contribution in [2.45, 2.75) is 48.0 Å². The third kappa shape index (κ3) is 3.31. The van der Waals surface area contributed by atoms with E-state index in [1.807, 2.05) is 0 Å². The number of rotatable bonds is 2. The van der Waals surface area contributed by atoms with Gasteiger partial charge in [-0.2, -0.15) is 0 Å². The molecule has 1 aliphatic rings. The van der Waals surface area contributed by atoms with Gasteiger partial charge in [0.05, 0.1) is 0 Å². The fourth-order valence-electron chi connectivity index (χ4n) is 5.67. The molecule has 0 heteroatoms. The highest BCUT2D eigenvalue weighted by Crippen LogP contribution is 2.41. The molecule has 0 unspecified atom stereocenters. The van der Waals surface area contributed by atoms with Gasteiger partial charge in [0, 0.05) is 0 Å². The van der Waals surface area contributed by atoms with Crippen molar-refractivity contribution in [2.75, 3.05) is 0 Å². The molecule has 0 atom stereocenters. The van der Waals surface area contributed by atoms with Crippen LogP contribution in [-0.2, 0) is 6.42 Å². The molecular formula is C31H29. The van der Waals surface area contributed by atoms with E-state index in [0.29, 0.717) is 0 Å². The molecule has 0 aromatic heterocycles. The molecule has 4 aromatic rings. The van der Waals surface area contributed by atoms with Crippen LogP contribution in [-0.4, -0.2) is 0 Å². The van der Waals surface area contributed by atoms with Gasteiger partial charge in [-0.25, -0.2) is 0 Å². The van der Waals surface area contributed by atoms with Crippen molar-refractivity contribution in [3.63, 3.8) is 0 Å². The summed E-state index contributed by atoms with van der Waals surface area (Å²) in [5, 5.41) is 0. The van der Waals surface area contributed by atoms with Gasteiger partial charge in [-0.1, -0.05) is 65.7 Å². The Balaban J connectivity index is 1.57. The minimum Gasteiger partial charge on any atom is -0.0557 e. The summed E-state index contributed by atoms with van der Waals surface area (Å²) < 4.78 is 0. The molecule has 0 heterocycles. The van der Waals surface area contributed by atoms with Gasteiger partial charge >= 0.3 is 0 Å². The van der Waals surface area contributed by atoms with Crippen LogP contribution < -0.4 is 0 Å². The van der Waals surface area contributed by atoms with E-state index in [1.54, 1.807) is 0 Å². The summed E-state index contributed by atoms with van der Waals surface area (Å²) in [6.07, 6.45) is 0.959. The van der Waals surface area contributed by atoms with Crippen molar-refractivity contribution in [3.05, 3.63) is 105 Å². The molecule has 4 aromatic carbocycles. The van der Waals surface area contributed by atoms with Crippen LogP contribution in [0.2, 0.25) is 0 Å². The lowest BCUT2D eigenvalue weighted by Crippen LogP contribution is -1.92. The van der Waals surface area contributed by atoms with Gasteiger partial charge in [-0.3, -0.25) is 0 Å². The third-order valence-electron chi connectivity index (χ3n) is 6.70. The second-order valence-electron chi connectivity index (χ2n) is 9.36. The van der Waals surface area contributed by atoms with Crippen LogP contribution in [0.1, 0.15) is 44.5 Å². The van der Waals surface area contributed by atoms with Gasteiger partial charge in [0.25, 0.3) is 0 Å². The maximum atomic E-state index is 3.78. The molecule has 5 rings (SSSR count). The lowest BCUT2D eigenvalue weighted by Gasteiger charge is -2.13. The first-order valence-corrected chi connectivity index (χ1v) is 11.2. The molecule has 1 radical (unpaired) electrons. The predicted molar refractivity (Wildman–Crippen MR) is 133 cm³/mol. The monoisotopic (exact) mass is 401 g/mol. The first kappa shape index (κ1) is 19.8. The number of hydrogen-bond donors (Lipinski definition) is 0. The topological polar surface area (TPSA) is 0 Å². The highest BCUT2D eigenvalue weighted by Gasteiger charge is 2.21. The molecule has 0 saturated heterocycles. The SMILES string of the molecule is Cc1cc(C)c(-c2[c]c3c(cc2)-c2ccc(-c4c(C)cc(C)cc4C)cc2C3)c(C)c1. The van der Waals surface area contributed by atoms with E-state index in [4.69, 9.17) is 0 Å². The van der Waals surface area contributed by atoms with E-state index >= 15 is 0 Å². The van der Waals surface area contributed by atoms with Crippen LogP contribution in [0.15, 0.2) is 54.6 Å². The van der Waals surface area contributed by atoms with Crippen LogP contribution in [0.25, 0.3) is 33.4 Å². The quantitative estimate of drug-likeness (QED) is 0.279. The first-order valence-electron chi connectivity index (χ1n) is 11.2. The Kier molecular flexibility index (Phi) is 4.63. The molecule has 0 bridgehead atoms. The molecular weight excluding hydrogens is 372 g/mol. The summed E-state index contributed by atoms with van der Waals surface area (Å²) in [4.78, 5) is 0. The van der Waals surface area contributed by atoms with E-state index in [2.05, 4.69) is 102 Å². The maximum Gasteiger partial charge on any atom is -0.000684 e. The van der Waals surface area contributed by atoms with Gasteiger partial charge in [-0.15, -0.1) is 0 Å². The van der Waals surface area contributed by atoms with Crippen LogP contribution in [0.5, 0.6) is 0 Å². The Morgan fingerprint density at radius 2 is 1.13 bits per heavy atom. The lowest BCUT2D eigenvalue weighted by molar-refractivity contribution is 1.25. The van der Waals surface area contributed by atoms with Crippen LogP contribution in [0.3, 0.4) is 0 Å². The number of hydrogen-bond acceptors (Lipinski definition) is 0. The molecule has 0 aliphatic heterocycles. The zero-order chi connectivity index (χ0) is 21.9. The normalized spacial score (nSPS) is 12.1. The van der Waals surface area contributed by atoms with Gasteiger partial charge < -0.3 is 0 Å². The standard InChI is InChI=1S/C31H29/c1-18-11-20(3)30(21(4)12-18)24-7-9-28-26(15-24)17-27-16-25(8-10-29(27)28)31-22(5)13-19(2)14-23(31)6/h7-15H,17H2,1-6H3. The van der Waals surface area contributed by atoms with E-state index < -0.39 is 0 Å². The van der Waals surface area contributed by atoms with Crippen molar-refractivity contribution in [3.8, 4) is 33.4 Å². The Morgan fingerprint density at radius 1 is 0.581 bits per heavy atom. The highest BCUT2D eigenvalue weighted by atomic mass is 14.2. The molecule has 153 valence electrons. The minimum absolute atomic E-state index is 0.959. The summed E-state index contributed by atoms with van der Waals surface area (Å²) >= 11 is 0. The van der Waals surface area contributed by atoms with Gasteiger partial charge in [0.1, 0.15) is 0 Å². The zero-order valence-corrected chi connectivity index (χ0v) is 19.4. The summed E-state index contributed by atoms with van der Waals surface area (Å²) in [7, 11) is 0. The van der Waals surface area contributed by atoms with Crippen molar-refractivity contribution in [2.24, 2.45) is 0 Å². The van der Waals surface area contributed by atoms with Crippen LogP contribution in [0.4, 0.5) is 0 Å². The Morgan fingerprint density at radius 3 is 1.74 bits per heavy atom. The molecule has 1 aliphatic carbocycles. The average molecular weight is 402 g/mol. The lowest BCUT2D eigenvalue weighted by atomic mass is 9.91. The number of aryl methyl sites for hydroxylation is 6. The molecule has 0 spiro atoms. The molecule has 0 nitrogen and oxygen atoms in total. The molecule has 0 amide bonds. The van der Waals surface area contributed by atoms with E-state index in [0.717, 1.165) is 6.42 Å². The van der Waals surface area contributed by atoms with Crippen LogP contribution in [0, 0.1) is 47.6 Å². The second kappa shape index (κ2) is 7.24. The van der Waals surface area contributed by atoms with Crippen molar-refractivity contribution in [1.82, 2.24) is 0 Å². The molecule has 0 N–H and O–H groups in total. The second-order valence-corrected chi connectivity index (χ2v) is 9.36. The third-order valence-corrected chi connectivity index (χ3v) is 6.70. The fourth-order valence-corrected chi connectivity index (χ4v) is 5.67. The summed E-state index contributed by atoms with van der Waals surface area (Å²) in [5.74, 6) is 0. The maximum absolute atomic E-state index is 3.78. The molecule has 0 saturated carbocycles. The summed E-state index contributed by atoms with van der Waals surface area (Å²) in [5.41, 5.74) is 18.7. The zero-order valence-electron chi connectivity index (χ0n) is 19.4. The summed E-state index contributed by atoms with van der Waals surface area (Å²) in [6, 6.07) is 24.5. The number of benzene rings is 4. The largest absolute Gasteiger partial charge is 0.0557 e.